The molecule has 128 valence electrons. The van der Waals surface area contributed by atoms with Crippen LogP contribution in [0.1, 0.15) is 18.7 Å². The van der Waals surface area contributed by atoms with Crippen molar-refractivity contribution in [2.24, 2.45) is 5.73 Å². The Morgan fingerprint density at radius 1 is 1.39 bits per heavy atom. The Bertz CT molecular complexity index is 674. The van der Waals surface area contributed by atoms with E-state index in [0.717, 1.165) is 0 Å². The molecule has 1 aromatic carbocycles. The van der Waals surface area contributed by atoms with Crippen LogP contribution in [0.15, 0.2) is 18.2 Å². The first-order chi connectivity index (χ1) is 10.1. The maximum atomic E-state index is 13.1. The summed E-state index contributed by atoms with van der Waals surface area (Å²) in [6.45, 7) is 1.22. The van der Waals surface area contributed by atoms with Gasteiger partial charge in [-0.2, -0.15) is 0 Å². The number of rotatable bonds is 3. The predicted octanol–water partition coefficient (Wildman–Crippen LogP) is 1.67. The summed E-state index contributed by atoms with van der Waals surface area (Å²) in [6, 6.07) is 4.31. The molecule has 0 unspecified atom stereocenters. The highest BCUT2D eigenvalue weighted by Gasteiger charge is 2.35. The van der Waals surface area contributed by atoms with Gasteiger partial charge in [-0.1, -0.05) is 0 Å². The number of H-pyrrole nitrogens is 1. The molecule has 1 aliphatic heterocycles. The Balaban J connectivity index is 0.00000132. The van der Waals surface area contributed by atoms with E-state index in [9.17, 15) is 9.18 Å². The first-order valence-corrected chi connectivity index (χ1v) is 6.86. The van der Waals surface area contributed by atoms with E-state index in [2.05, 4.69) is 15.3 Å². The third kappa shape index (κ3) is 4.32. The highest BCUT2D eigenvalue weighted by molar-refractivity contribution is 5.86. The number of ether oxygens (including phenoxy) is 1. The van der Waals surface area contributed by atoms with E-state index in [1.807, 2.05) is 0 Å². The number of carbonyl (C=O) groups is 1. The minimum Gasteiger partial charge on any atom is -0.381 e. The number of nitrogens with two attached hydrogens (primary N) is 1. The van der Waals surface area contributed by atoms with Crippen LogP contribution in [0.5, 0.6) is 0 Å². The van der Waals surface area contributed by atoms with E-state index in [0.29, 0.717) is 42.9 Å². The van der Waals surface area contributed by atoms with Gasteiger partial charge in [0.25, 0.3) is 0 Å². The van der Waals surface area contributed by atoms with Crippen LogP contribution in [-0.4, -0.2) is 34.6 Å². The van der Waals surface area contributed by atoms with Gasteiger partial charge in [0.1, 0.15) is 11.6 Å². The van der Waals surface area contributed by atoms with Crippen LogP contribution in [0, 0.1) is 5.82 Å². The van der Waals surface area contributed by atoms with E-state index in [-0.39, 0.29) is 43.1 Å². The van der Waals surface area contributed by atoms with Crippen molar-refractivity contribution in [2.45, 2.75) is 24.9 Å². The molecule has 2 aromatic rings. The van der Waals surface area contributed by atoms with Crippen molar-refractivity contribution < 1.29 is 13.9 Å². The van der Waals surface area contributed by atoms with Gasteiger partial charge < -0.3 is 20.8 Å². The topological polar surface area (TPSA) is 93.0 Å². The number of nitrogens with one attached hydrogen (secondary N) is 2. The monoisotopic (exact) mass is 364 g/mol. The second kappa shape index (κ2) is 7.92. The standard InChI is InChI=1S/C14H17FN4O2.2ClH/c15-9-1-2-10-11(7-9)19-12(18-10)8-17-13(20)14(16)3-5-21-6-4-14;;/h1-2,7H,3-6,8,16H2,(H,17,20)(H,18,19);2*1H. The molecule has 0 radical (unpaired) electrons. The van der Waals surface area contributed by atoms with Crippen LogP contribution in [0.3, 0.4) is 0 Å². The van der Waals surface area contributed by atoms with Crippen LogP contribution in [0.4, 0.5) is 4.39 Å². The van der Waals surface area contributed by atoms with Crippen molar-refractivity contribution in [3.8, 4) is 0 Å². The SMILES string of the molecule is Cl.Cl.NC1(C(=O)NCc2nc3ccc(F)cc3[nH]2)CCOCC1. The van der Waals surface area contributed by atoms with Crippen LogP contribution >= 0.6 is 24.8 Å². The molecule has 9 heteroatoms. The molecule has 1 aliphatic rings. The average Bonchev–Trinajstić information content (AvgIpc) is 2.87. The first kappa shape index (κ1) is 19.6. The zero-order valence-electron chi connectivity index (χ0n) is 12.3. The Morgan fingerprint density at radius 3 is 2.78 bits per heavy atom. The number of carbonyl (C=O) groups excluding carboxylic acids is 1. The molecule has 0 saturated carbocycles. The zero-order chi connectivity index (χ0) is 14.9. The first-order valence-electron chi connectivity index (χ1n) is 6.86. The molecule has 0 spiro atoms. The molecule has 0 atom stereocenters. The molecule has 0 bridgehead atoms. The number of benzene rings is 1. The summed E-state index contributed by atoms with van der Waals surface area (Å²) in [6.07, 6.45) is 1.01. The number of hydrogen-bond acceptors (Lipinski definition) is 4. The average molecular weight is 365 g/mol. The predicted molar refractivity (Wildman–Crippen MR) is 89.4 cm³/mol. The van der Waals surface area contributed by atoms with Gasteiger partial charge in [-0.15, -0.1) is 24.8 Å². The van der Waals surface area contributed by atoms with Gasteiger partial charge in [-0.3, -0.25) is 4.79 Å². The number of aromatic amines is 1. The number of nitrogens with zero attached hydrogens (tertiary/aromatic N) is 1. The van der Waals surface area contributed by atoms with Gasteiger partial charge in [-0.05, 0) is 31.0 Å². The number of halogens is 3. The van der Waals surface area contributed by atoms with Crippen LogP contribution < -0.4 is 11.1 Å². The molecule has 23 heavy (non-hydrogen) atoms. The van der Waals surface area contributed by atoms with Crippen LogP contribution in [0.25, 0.3) is 11.0 Å². The normalized spacial score (nSPS) is 16.3. The van der Waals surface area contributed by atoms with Crippen molar-refractivity contribution >= 4 is 41.8 Å². The van der Waals surface area contributed by atoms with E-state index in [1.54, 1.807) is 6.07 Å². The lowest BCUT2D eigenvalue weighted by molar-refractivity contribution is -0.129. The zero-order valence-corrected chi connectivity index (χ0v) is 13.9. The molecule has 6 nitrogen and oxygen atoms in total. The molecule has 1 amide bonds. The van der Waals surface area contributed by atoms with E-state index < -0.39 is 5.54 Å². The number of aromatic nitrogens is 2. The van der Waals surface area contributed by atoms with E-state index in [1.165, 1.54) is 12.1 Å². The largest absolute Gasteiger partial charge is 0.381 e. The fraction of sp³-hybridized carbons (Fsp3) is 0.429. The smallest absolute Gasteiger partial charge is 0.240 e. The Hall–Kier alpha value is -1.41. The molecule has 1 fully saturated rings. The van der Waals surface area contributed by atoms with E-state index in [4.69, 9.17) is 10.5 Å². The summed E-state index contributed by atoms with van der Waals surface area (Å²) in [4.78, 5) is 19.4. The lowest BCUT2D eigenvalue weighted by atomic mass is 9.90. The molecule has 0 aliphatic carbocycles. The number of hydrogen-bond donors (Lipinski definition) is 3. The number of fused-ring (bicyclic) bond motifs is 1. The van der Waals surface area contributed by atoms with Gasteiger partial charge in [0.05, 0.1) is 23.1 Å². The van der Waals surface area contributed by atoms with Crippen molar-refractivity contribution in [1.82, 2.24) is 15.3 Å². The highest BCUT2D eigenvalue weighted by Crippen LogP contribution is 2.18. The molecule has 1 aromatic heterocycles. The Morgan fingerprint density at radius 2 is 2.09 bits per heavy atom. The van der Waals surface area contributed by atoms with Crippen molar-refractivity contribution in [3.63, 3.8) is 0 Å². The summed E-state index contributed by atoms with van der Waals surface area (Å²) < 4.78 is 18.3. The van der Waals surface area contributed by atoms with Crippen molar-refractivity contribution in [1.29, 1.82) is 0 Å². The summed E-state index contributed by atoms with van der Waals surface area (Å²) in [5.74, 6) is 0.0295. The maximum Gasteiger partial charge on any atom is 0.240 e. The summed E-state index contributed by atoms with van der Waals surface area (Å²) >= 11 is 0. The second-order valence-electron chi connectivity index (χ2n) is 5.30. The molecular formula is C14H19Cl2FN4O2. The fourth-order valence-electron chi connectivity index (χ4n) is 2.42. The number of imidazole rings is 1. The summed E-state index contributed by atoms with van der Waals surface area (Å²) in [5.41, 5.74) is 6.48. The lowest BCUT2D eigenvalue weighted by Crippen LogP contribution is -2.56. The Labute approximate surface area is 145 Å². The van der Waals surface area contributed by atoms with Gasteiger partial charge >= 0.3 is 0 Å². The van der Waals surface area contributed by atoms with Gasteiger partial charge in [-0.25, -0.2) is 9.37 Å². The van der Waals surface area contributed by atoms with Crippen molar-refractivity contribution in [3.05, 3.63) is 29.8 Å². The summed E-state index contributed by atoms with van der Waals surface area (Å²) in [5, 5.41) is 2.78. The lowest BCUT2D eigenvalue weighted by Gasteiger charge is -2.31. The van der Waals surface area contributed by atoms with Crippen LogP contribution in [0.2, 0.25) is 0 Å². The maximum absolute atomic E-state index is 13.1. The van der Waals surface area contributed by atoms with Gasteiger partial charge in [0.2, 0.25) is 5.91 Å². The molecule has 4 N–H and O–H groups in total. The molecular weight excluding hydrogens is 346 g/mol. The molecule has 3 rings (SSSR count). The molecule has 1 saturated heterocycles. The van der Waals surface area contributed by atoms with Gasteiger partial charge in [0, 0.05) is 13.2 Å². The fourth-order valence-corrected chi connectivity index (χ4v) is 2.42. The summed E-state index contributed by atoms with van der Waals surface area (Å²) in [7, 11) is 0. The third-order valence-electron chi connectivity index (χ3n) is 3.75. The van der Waals surface area contributed by atoms with Crippen LogP contribution in [-0.2, 0) is 16.1 Å². The number of amides is 1. The minimum absolute atomic E-state index is 0. The Kier molecular flexibility index (Phi) is 6.76. The quantitative estimate of drug-likeness (QED) is 0.772. The van der Waals surface area contributed by atoms with Gasteiger partial charge in [0.15, 0.2) is 0 Å². The van der Waals surface area contributed by atoms with E-state index >= 15 is 0 Å². The van der Waals surface area contributed by atoms with Crippen molar-refractivity contribution in [2.75, 3.05) is 13.2 Å². The molecule has 2 heterocycles. The minimum atomic E-state index is -0.879. The second-order valence-corrected chi connectivity index (χ2v) is 5.30. The third-order valence-corrected chi connectivity index (χ3v) is 3.75. The highest BCUT2D eigenvalue weighted by atomic mass is 35.5.